The molecule has 8 heteroatoms. The highest BCUT2D eigenvalue weighted by Gasteiger charge is 2.33. The van der Waals surface area contributed by atoms with Crippen LogP contribution in [-0.2, 0) is 14.8 Å². The van der Waals surface area contributed by atoms with Crippen molar-refractivity contribution in [2.45, 2.75) is 17.4 Å². The second kappa shape index (κ2) is 6.79. The Morgan fingerprint density at radius 1 is 1.30 bits per heavy atom. The summed E-state index contributed by atoms with van der Waals surface area (Å²) in [4.78, 5) is 16.2. The summed E-state index contributed by atoms with van der Waals surface area (Å²) < 4.78 is 28.9. The third kappa shape index (κ3) is 3.11. The summed E-state index contributed by atoms with van der Waals surface area (Å²) in [6.45, 7) is 3.75. The summed E-state index contributed by atoms with van der Waals surface area (Å²) in [6.07, 6.45) is 1.70. The van der Waals surface area contributed by atoms with Crippen LogP contribution < -0.4 is 9.62 Å². The van der Waals surface area contributed by atoms with E-state index in [4.69, 9.17) is 0 Å². The second-order valence-electron chi connectivity index (χ2n) is 6.17. The number of aromatic nitrogens is 1. The molecule has 1 amide bonds. The van der Waals surface area contributed by atoms with Gasteiger partial charge in [-0.2, -0.15) is 0 Å². The maximum Gasteiger partial charge on any atom is 0.264 e. The van der Waals surface area contributed by atoms with Crippen LogP contribution in [-0.4, -0.2) is 25.9 Å². The van der Waals surface area contributed by atoms with Crippen molar-refractivity contribution in [1.29, 1.82) is 0 Å². The fourth-order valence-corrected chi connectivity index (χ4v) is 5.61. The highest BCUT2D eigenvalue weighted by atomic mass is 32.2. The molecule has 0 bridgehead atoms. The van der Waals surface area contributed by atoms with Crippen molar-refractivity contribution in [3.8, 4) is 0 Å². The van der Waals surface area contributed by atoms with Crippen LogP contribution in [0.1, 0.15) is 18.0 Å². The standard InChI is InChI=1S/C19H17N3O3S2/c1-2-19(23)21-15-9-10-22(17-6-4-3-5-14(15)17)27(24,25)13-7-8-16-18(11-13)26-12-20-16/h2-8,11-12,15H,1,9-10H2,(H,21,23). The Balaban J connectivity index is 1.75. The lowest BCUT2D eigenvalue weighted by Gasteiger charge is -2.35. The van der Waals surface area contributed by atoms with Gasteiger partial charge in [0.15, 0.2) is 0 Å². The molecule has 0 fully saturated rings. The van der Waals surface area contributed by atoms with E-state index in [1.54, 1.807) is 35.8 Å². The van der Waals surface area contributed by atoms with Gasteiger partial charge in [0.25, 0.3) is 10.0 Å². The van der Waals surface area contributed by atoms with E-state index < -0.39 is 10.0 Å². The maximum atomic E-state index is 13.3. The molecule has 6 nitrogen and oxygen atoms in total. The molecule has 27 heavy (non-hydrogen) atoms. The number of nitrogens with one attached hydrogen (secondary N) is 1. The molecule has 2 aromatic carbocycles. The number of hydrogen-bond acceptors (Lipinski definition) is 5. The summed E-state index contributed by atoms with van der Waals surface area (Å²) >= 11 is 1.41. The number of anilines is 1. The number of sulfonamides is 1. The quantitative estimate of drug-likeness (QED) is 0.683. The molecule has 0 radical (unpaired) electrons. The summed E-state index contributed by atoms with van der Waals surface area (Å²) in [6, 6.07) is 12.0. The van der Waals surface area contributed by atoms with E-state index in [2.05, 4.69) is 16.9 Å². The Morgan fingerprint density at radius 2 is 2.11 bits per heavy atom. The predicted molar refractivity (Wildman–Crippen MR) is 106 cm³/mol. The monoisotopic (exact) mass is 399 g/mol. The average molecular weight is 399 g/mol. The van der Waals surface area contributed by atoms with Gasteiger partial charge in [-0.05, 0) is 42.3 Å². The first-order chi connectivity index (χ1) is 13.0. The van der Waals surface area contributed by atoms with Gasteiger partial charge >= 0.3 is 0 Å². The van der Waals surface area contributed by atoms with Crippen LogP contribution >= 0.6 is 11.3 Å². The summed E-state index contributed by atoms with van der Waals surface area (Å²) in [5, 5.41) is 2.87. The van der Waals surface area contributed by atoms with E-state index in [0.717, 1.165) is 15.8 Å². The number of thiazole rings is 1. The normalized spacial score (nSPS) is 16.7. The lowest BCUT2D eigenvalue weighted by atomic mass is 9.98. The summed E-state index contributed by atoms with van der Waals surface area (Å²) in [5.74, 6) is -0.276. The van der Waals surface area contributed by atoms with Crippen molar-refractivity contribution in [2.75, 3.05) is 10.8 Å². The molecule has 1 atom stereocenters. The lowest BCUT2D eigenvalue weighted by molar-refractivity contribution is -0.117. The first-order valence-corrected chi connectivity index (χ1v) is 10.7. The first kappa shape index (κ1) is 17.7. The van der Waals surface area contributed by atoms with Crippen LogP contribution in [0.5, 0.6) is 0 Å². The molecule has 0 aliphatic carbocycles. The second-order valence-corrected chi connectivity index (χ2v) is 8.92. The SMILES string of the molecule is C=CC(=O)NC1CCN(S(=O)(=O)c2ccc3ncsc3c2)c2ccccc21. The Bertz CT molecular complexity index is 1140. The molecule has 3 aromatic rings. The van der Waals surface area contributed by atoms with E-state index in [9.17, 15) is 13.2 Å². The predicted octanol–water partition coefficient (Wildman–Crippen LogP) is 3.24. The van der Waals surface area contributed by atoms with Crippen LogP contribution in [0.25, 0.3) is 10.2 Å². The van der Waals surface area contributed by atoms with E-state index in [-0.39, 0.29) is 23.4 Å². The van der Waals surface area contributed by atoms with Gasteiger partial charge < -0.3 is 5.32 Å². The minimum Gasteiger partial charge on any atom is -0.346 e. The number of benzene rings is 2. The van der Waals surface area contributed by atoms with E-state index in [0.29, 0.717) is 12.1 Å². The fourth-order valence-electron chi connectivity index (χ4n) is 3.28. The minimum absolute atomic E-state index is 0.239. The molecule has 4 rings (SSSR count). The molecule has 0 saturated heterocycles. The largest absolute Gasteiger partial charge is 0.346 e. The Kier molecular flexibility index (Phi) is 4.45. The third-order valence-electron chi connectivity index (χ3n) is 4.59. The van der Waals surface area contributed by atoms with Gasteiger partial charge in [-0.15, -0.1) is 11.3 Å². The molecular weight excluding hydrogens is 382 g/mol. The summed E-state index contributed by atoms with van der Waals surface area (Å²) in [7, 11) is -3.72. The van der Waals surface area contributed by atoms with Crippen molar-refractivity contribution in [3.05, 3.63) is 66.2 Å². The van der Waals surface area contributed by atoms with Crippen LogP contribution in [0.15, 0.2) is 65.5 Å². The fraction of sp³-hybridized carbons (Fsp3) is 0.158. The summed E-state index contributed by atoms with van der Waals surface area (Å²) in [5.41, 5.74) is 3.85. The molecule has 0 saturated carbocycles. The Morgan fingerprint density at radius 3 is 2.93 bits per heavy atom. The first-order valence-electron chi connectivity index (χ1n) is 8.38. The topological polar surface area (TPSA) is 79.4 Å². The number of carbonyl (C=O) groups is 1. The molecule has 1 aliphatic rings. The van der Waals surface area contributed by atoms with Gasteiger partial charge in [-0.3, -0.25) is 9.10 Å². The minimum atomic E-state index is -3.72. The zero-order valence-electron chi connectivity index (χ0n) is 14.3. The van der Waals surface area contributed by atoms with E-state index in [1.165, 1.54) is 21.7 Å². The number of fused-ring (bicyclic) bond motifs is 2. The highest BCUT2D eigenvalue weighted by Crippen LogP contribution is 2.37. The van der Waals surface area contributed by atoms with Gasteiger partial charge in [0.1, 0.15) is 0 Å². The molecule has 1 aliphatic heterocycles. The van der Waals surface area contributed by atoms with Crippen LogP contribution in [0, 0.1) is 0 Å². The highest BCUT2D eigenvalue weighted by molar-refractivity contribution is 7.92. The number of amides is 1. The maximum absolute atomic E-state index is 13.3. The Hall–Kier alpha value is -2.71. The van der Waals surface area contributed by atoms with Gasteiger partial charge in [0.05, 0.1) is 32.4 Å². The van der Waals surface area contributed by atoms with Crippen LogP contribution in [0.3, 0.4) is 0 Å². The number of carbonyl (C=O) groups excluding carboxylic acids is 1. The third-order valence-corrected chi connectivity index (χ3v) is 7.20. The average Bonchev–Trinajstić information content (AvgIpc) is 3.15. The number of rotatable bonds is 4. The van der Waals surface area contributed by atoms with Crippen molar-refractivity contribution < 1.29 is 13.2 Å². The lowest BCUT2D eigenvalue weighted by Crippen LogP contribution is -2.40. The van der Waals surface area contributed by atoms with Crippen LogP contribution in [0.4, 0.5) is 5.69 Å². The molecule has 1 aromatic heterocycles. The zero-order chi connectivity index (χ0) is 19.0. The van der Waals surface area contributed by atoms with Crippen LogP contribution in [0.2, 0.25) is 0 Å². The van der Waals surface area contributed by atoms with Crippen molar-refractivity contribution >= 4 is 43.2 Å². The molecular formula is C19H17N3O3S2. The van der Waals surface area contributed by atoms with Gasteiger partial charge in [0.2, 0.25) is 5.91 Å². The Labute approximate surface area is 161 Å². The van der Waals surface area contributed by atoms with E-state index in [1.807, 2.05) is 12.1 Å². The number of nitrogens with zero attached hydrogens (tertiary/aromatic N) is 2. The van der Waals surface area contributed by atoms with Crippen molar-refractivity contribution in [3.63, 3.8) is 0 Å². The zero-order valence-corrected chi connectivity index (χ0v) is 16.0. The van der Waals surface area contributed by atoms with E-state index >= 15 is 0 Å². The van der Waals surface area contributed by atoms with Crippen molar-refractivity contribution in [1.82, 2.24) is 10.3 Å². The molecule has 1 unspecified atom stereocenters. The smallest absolute Gasteiger partial charge is 0.264 e. The molecule has 0 spiro atoms. The van der Waals surface area contributed by atoms with Gasteiger partial charge in [-0.1, -0.05) is 24.8 Å². The van der Waals surface area contributed by atoms with Gasteiger partial charge in [0, 0.05) is 6.54 Å². The molecule has 2 heterocycles. The number of hydrogen-bond donors (Lipinski definition) is 1. The molecule has 138 valence electrons. The number of para-hydroxylation sites is 1. The van der Waals surface area contributed by atoms with Crippen molar-refractivity contribution in [2.24, 2.45) is 0 Å². The van der Waals surface area contributed by atoms with Gasteiger partial charge in [-0.25, -0.2) is 13.4 Å². The molecule has 1 N–H and O–H groups in total.